The van der Waals surface area contributed by atoms with E-state index in [0.717, 1.165) is 12.8 Å². The lowest BCUT2D eigenvalue weighted by Crippen LogP contribution is -2.50. The molecule has 2 N–H and O–H groups in total. The van der Waals surface area contributed by atoms with Crippen LogP contribution < -0.4 is 14.8 Å². The largest absolute Gasteiger partial charge is 0.497 e. The summed E-state index contributed by atoms with van der Waals surface area (Å²) < 4.78 is 47.1. The zero-order valence-corrected chi connectivity index (χ0v) is 14.7. The lowest BCUT2D eigenvalue weighted by molar-refractivity contribution is -0.160. The minimum absolute atomic E-state index is 0.0765. The Morgan fingerprint density at radius 3 is 2.46 bits per heavy atom. The molecule has 0 saturated heterocycles. The molecular weight excluding hydrogens is 369 g/mol. The summed E-state index contributed by atoms with van der Waals surface area (Å²) >= 11 is 1.20. The Morgan fingerprint density at radius 2 is 1.92 bits per heavy atom. The number of hydrogen-bond acceptors (Lipinski definition) is 4. The van der Waals surface area contributed by atoms with Gasteiger partial charge >= 0.3 is 6.18 Å². The maximum atomic E-state index is 13.2. The average molecular weight is 386 g/mol. The third-order valence-electron chi connectivity index (χ3n) is 4.15. The molecule has 0 aromatic heterocycles. The van der Waals surface area contributed by atoms with E-state index in [4.69, 9.17) is 4.74 Å². The van der Waals surface area contributed by atoms with E-state index in [1.54, 1.807) is 24.3 Å². The molecule has 2 aliphatic rings. The Labute approximate surface area is 152 Å². The van der Waals surface area contributed by atoms with Gasteiger partial charge in [0.1, 0.15) is 17.4 Å². The Hall–Kier alpha value is -2.16. The van der Waals surface area contributed by atoms with Crippen molar-refractivity contribution in [1.82, 2.24) is 10.0 Å². The molecule has 5 nitrogen and oxygen atoms in total. The molecule has 140 valence electrons. The predicted octanol–water partition coefficient (Wildman–Crippen LogP) is 2.83. The number of carbonyl (C=O) groups excluding carboxylic acids is 2. The molecule has 1 aromatic rings. The molecule has 26 heavy (non-hydrogen) atoms. The van der Waals surface area contributed by atoms with Crippen molar-refractivity contribution < 1.29 is 27.5 Å². The molecular formula is C17H17F3N2O3S. The summed E-state index contributed by atoms with van der Waals surface area (Å²) in [6.07, 6.45) is -3.16. The van der Waals surface area contributed by atoms with Crippen LogP contribution in [-0.4, -0.2) is 36.4 Å². The lowest BCUT2D eigenvalue weighted by atomic mass is 9.89. The highest BCUT2D eigenvalue weighted by Crippen LogP contribution is 2.36. The van der Waals surface area contributed by atoms with Gasteiger partial charge in [-0.2, -0.15) is 13.2 Å². The quantitative estimate of drug-likeness (QED) is 0.603. The lowest BCUT2D eigenvalue weighted by Gasteiger charge is -2.29. The summed E-state index contributed by atoms with van der Waals surface area (Å²) in [5.41, 5.74) is 0.188. The number of halogens is 3. The van der Waals surface area contributed by atoms with Gasteiger partial charge in [0.05, 0.1) is 7.11 Å². The van der Waals surface area contributed by atoms with Crippen molar-refractivity contribution in [2.24, 2.45) is 0 Å². The minimum atomic E-state index is -4.60. The molecule has 0 bridgehead atoms. The van der Waals surface area contributed by atoms with Crippen LogP contribution in [0.2, 0.25) is 0 Å². The predicted molar refractivity (Wildman–Crippen MR) is 91.3 cm³/mol. The monoisotopic (exact) mass is 386 g/mol. The van der Waals surface area contributed by atoms with Crippen molar-refractivity contribution in [3.8, 4) is 5.75 Å². The third kappa shape index (κ3) is 4.14. The highest BCUT2D eigenvalue weighted by Gasteiger charge is 2.45. The zero-order chi connectivity index (χ0) is 18.9. The molecule has 0 radical (unpaired) electrons. The molecule has 1 aromatic carbocycles. The first-order valence-electron chi connectivity index (χ1n) is 8.00. The molecule has 1 aliphatic carbocycles. The SMILES string of the molecule is COc1ccc(C2=C(C(=O)NSC3CC3)C(=O)NC(C(F)(F)F)C2)cc1. The number of rotatable bonds is 5. The second-order valence-electron chi connectivity index (χ2n) is 6.10. The van der Waals surface area contributed by atoms with E-state index < -0.39 is 30.5 Å². The minimum Gasteiger partial charge on any atom is -0.497 e. The van der Waals surface area contributed by atoms with E-state index in [2.05, 4.69) is 4.72 Å². The zero-order valence-electron chi connectivity index (χ0n) is 13.9. The number of benzene rings is 1. The van der Waals surface area contributed by atoms with Crippen molar-refractivity contribution in [3.05, 3.63) is 35.4 Å². The van der Waals surface area contributed by atoms with Crippen molar-refractivity contribution in [1.29, 1.82) is 0 Å². The van der Waals surface area contributed by atoms with Crippen molar-refractivity contribution in [2.75, 3.05) is 7.11 Å². The molecule has 1 saturated carbocycles. The normalized spacial score (nSPS) is 20.6. The first kappa shape index (κ1) is 18.6. The van der Waals surface area contributed by atoms with Crippen LogP contribution >= 0.6 is 11.9 Å². The van der Waals surface area contributed by atoms with Gasteiger partial charge in [-0.05, 0) is 48.1 Å². The molecule has 2 amide bonds. The number of carbonyl (C=O) groups is 2. The van der Waals surface area contributed by atoms with Crippen LogP contribution in [0.15, 0.2) is 29.8 Å². The second kappa shape index (κ2) is 7.22. The van der Waals surface area contributed by atoms with Crippen LogP contribution in [0.1, 0.15) is 24.8 Å². The molecule has 1 unspecified atom stereocenters. The number of hydrogen-bond donors (Lipinski definition) is 2. The standard InChI is InChI=1S/C17H17F3N2O3S/c1-25-10-4-2-9(3-5-10)12-8-13(17(18,19)20)21-15(23)14(12)16(24)22-26-11-6-7-11/h2-5,11,13H,6-8H2,1H3,(H,21,23)(H,22,24). The maximum Gasteiger partial charge on any atom is 0.408 e. The molecule has 1 atom stereocenters. The third-order valence-corrected chi connectivity index (χ3v) is 5.25. The first-order valence-corrected chi connectivity index (χ1v) is 8.88. The molecule has 0 spiro atoms. The van der Waals surface area contributed by atoms with Crippen LogP contribution in [0, 0.1) is 0 Å². The number of ether oxygens (including phenoxy) is 1. The number of methoxy groups -OCH3 is 1. The molecule has 3 rings (SSSR count). The summed E-state index contributed by atoms with van der Waals surface area (Å²) in [7, 11) is 1.47. The molecule has 9 heteroatoms. The summed E-state index contributed by atoms with van der Waals surface area (Å²) in [4.78, 5) is 24.7. The van der Waals surface area contributed by atoms with Gasteiger partial charge in [0.2, 0.25) is 0 Å². The van der Waals surface area contributed by atoms with E-state index in [1.807, 2.05) is 5.32 Å². The molecule has 1 heterocycles. The van der Waals surface area contributed by atoms with E-state index in [-0.39, 0.29) is 11.1 Å². The fourth-order valence-electron chi connectivity index (χ4n) is 2.59. The van der Waals surface area contributed by atoms with Crippen molar-refractivity contribution in [2.45, 2.75) is 36.7 Å². The highest BCUT2D eigenvalue weighted by atomic mass is 32.2. The van der Waals surface area contributed by atoms with E-state index in [0.29, 0.717) is 16.6 Å². The summed E-state index contributed by atoms with van der Waals surface area (Å²) in [6, 6.07) is 4.21. The van der Waals surface area contributed by atoms with Crippen molar-refractivity contribution >= 4 is 29.3 Å². The van der Waals surface area contributed by atoms with E-state index >= 15 is 0 Å². The fraction of sp³-hybridized carbons (Fsp3) is 0.412. The Bertz CT molecular complexity index is 743. The van der Waals surface area contributed by atoms with E-state index in [9.17, 15) is 22.8 Å². The second-order valence-corrected chi connectivity index (χ2v) is 7.21. The maximum absolute atomic E-state index is 13.2. The first-order chi connectivity index (χ1) is 12.3. The van der Waals surface area contributed by atoms with Gasteiger partial charge in [-0.1, -0.05) is 12.1 Å². The smallest absolute Gasteiger partial charge is 0.408 e. The van der Waals surface area contributed by atoms with E-state index in [1.165, 1.54) is 19.1 Å². The topological polar surface area (TPSA) is 67.4 Å². The Kier molecular flexibility index (Phi) is 5.17. The van der Waals surface area contributed by atoms with Gasteiger partial charge in [-0.25, -0.2) is 0 Å². The highest BCUT2D eigenvalue weighted by molar-refractivity contribution is 7.98. The van der Waals surface area contributed by atoms with Crippen LogP contribution in [0.5, 0.6) is 5.75 Å². The number of amides is 2. The van der Waals surface area contributed by atoms with Crippen LogP contribution in [0.25, 0.3) is 5.57 Å². The van der Waals surface area contributed by atoms with Crippen LogP contribution in [-0.2, 0) is 9.59 Å². The van der Waals surface area contributed by atoms with Gasteiger partial charge < -0.3 is 10.1 Å². The molecule has 1 fully saturated rings. The summed E-state index contributed by atoms with van der Waals surface area (Å²) in [5.74, 6) is -1.17. The van der Waals surface area contributed by atoms with Crippen LogP contribution in [0.3, 0.4) is 0 Å². The molecule has 1 aliphatic heterocycles. The fourth-order valence-corrected chi connectivity index (χ4v) is 3.34. The average Bonchev–Trinajstić information content (AvgIpc) is 3.42. The number of nitrogens with one attached hydrogen (secondary N) is 2. The Balaban J connectivity index is 1.96. The Morgan fingerprint density at radius 1 is 1.27 bits per heavy atom. The van der Waals surface area contributed by atoms with Gasteiger partial charge in [-0.15, -0.1) is 0 Å². The summed E-state index contributed by atoms with van der Waals surface area (Å²) in [5, 5.41) is 2.20. The summed E-state index contributed by atoms with van der Waals surface area (Å²) in [6.45, 7) is 0. The number of alkyl halides is 3. The van der Waals surface area contributed by atoms with Gasteiger partial charge in [-0.3, -0.25) is 14.3 Å². The van der Waals surface area contributed by atoms with Gasteiger partial charge in [0, 0.05) is 11.7 Å². The van der Waals surface area contributed by atoms with Gasteiger partial charge in [0.25, 0.3) is 11.8 Å². The van der Waals surface area contributed by atoms with Gasteiger partial charge in [0.15, 0.2) is 0 Å². The van der Waals surface area contributed by atoms with Crippen molar-refractivity contribution in [3.63, 3.8) is 0 Å². The van der Waals surface area contributed by atoms with Crippen LogP contribution in [0.4, 0.5) is 13.2 Å².